The van der Waals surface area contributed by atoms with Crippen molar-refractivity contribution in [1.82, 2.24) is 25.1 Å². The average molecular weight is 391 g/mol. The van der Waals surface area contributed by atoms with Crippen molar-refractivity contribution >= 4 is 33.3 Å². The Morgan fingerprint density at radius 2 is 1.93 bits per heavy atom. The van der Waals surface area contributed by atoms with Crippen LogP contribution in [0.2, 0.25) is 0 Å². The summed E-state index contributed by atoms with van der Waals surface area (Å²) in [5.74, 6) is 0.597. The highest BCUT2D eigenvalue weighted by molar-refractivity contribution is 5.94. The highest BCUT2D eigenvalue weighted by Gasteiger charge is 2.18. The number of imidazole rings is 1. The smallest absolute Gasteiger partial charge is 0.270 e. The molecule has 0 amide bonds. The van der Waals surface area contributed by atoms with Gasteiger partial charge >= 0.3 is 0 Å². The first-order valence-electron chi connectivity index (χ1n) is 9.72. The number of non-ortho nitro benzene ring substituents is 1. The summed E-state index contributed by atoms with van der Waals surface area (Å²) in [6.07, 6.45) is 0. The van der Waals surface area contributed by atoms with Crippen LogP contribution < -0.4 is 4.90 Å². The molecule has 0 unspecified atom stereocenters. The van der Waals surface area contributed by atoms with Crippen LogP contribution >= 0.6 is 0 Å². The Kier molecular flexibility index (Phi) is 4.17. The zero-order valence-corrected chi connectivity index (χ0v) is 16.1. The van der Waals surface area contributed by atoms with Gasteiger partial charge in [-0.1, -0.05) is 6.92 Å². The van der Waals surface area contributed by atoms with Gasteiger partial charge in [0.2, 0.25) is 0 Å². The van der Waals surface area contributed by atoms with E-state index in [4.69, 9.17) is 0 Å². The predicted molar refractivity (Wildman–Crippen MR) is 112 cm³/mol. The molecule has 9 heteroatoms. The van der Waals surface area contributed by atoms with E-state index in [1.807, 2.05) is 6.07 Å². The Hall–Kier alpha value is -3.46. The van der Waals surface area contributed by atoms with Crippen LogP contribution in [0.1, 0.15) is 6.92 Å². The first-order valence-corrected chi connectivity index (χ1v) is 9.72. The lowest BCUT2D eigenvalue weighted by Gasteiger charge is -2.35. The summed E-state index contributed by atoms with van der Waals surface area (Å²) in [5.41, 5.74) is 4.30. The molecule has 5 rings (SSSR count). The lowest BCUT2D eigenvalue weighted by Crippen LogP contribution is -2.46. The molecule has 148 valence electrons. The van der Waals surface area contributed by atoms with E-state index in [0.717, 1.165) is 49.3 Å². The number of rotatable bonds is 4. The second kappa shape index (κ2) is 6.85. The van der Waals surface area contributed by atoms with Gasteiger partial charge in [0.1, 0.15) is 5.69 Å². The van der Waals surface area contributed by atoms with Crippen LogP contribution in [-0.4, -0.2) is 62.7 Å². The molecule has 1 aliphatic heterocycles. The molecule has 2 aromatic carbocycles. The summed E-state index contributed by atoms with van der Waals surface area (Å²) in [6, 6.07) is 10.9. The maximum atomic E-state index is 11.1. The minimum absolute atomic E-state index is 0.0322. The van der Waals surface area contributed by atoms with Crippen LogP contribution in [0.15, 0.2) is 36.4 Å². The van der Waals surface area contributed by atoms with Gasteiger partial charge in [-0.25, -0.2) is 4.98 Å². The molecular weight excluding hydrogens is 370 g/mol. The molecule has 0 saturated carbocycles. The average Bonchev–Trinajstić information content (AvgIpc) is 3.36. The van der Waals surface area contributed by atoms with Gasteiger partial charge in [-0.3, -0.25) is 15.2 Å². The molecule has 29 heavy (non-hydrogen) atoms. The zero-order valence-electron chi connectivity index (χ0n) is 16.1. The maximum Gasteiger partial charge on any atom is 0.270 e. The van der Waals surface area contributed by atoms with Crippen LogP contribution in [0.4, 0.5) is 11.4 Å². The van der Waals surface area contributed by atoms with Crippen molar-refractivity contribution in [2.75, 3.05) is 37.6 Å². The molecule has 9 nitrogen and oxygen atoms in total. The number of aromatic nitrogens is 4. The van der Waals surface area contributed by atoms with Gasteiger partial charge in [0, 0.05) is 49.4 Å². The number of piperazine rings is 1. The number of hydrogen-bond donors (Lipinski definition) is 2. The number of hydrogen-bond acceptors (Lipinski definition) is 6. The lowest BCUT2D eigenvalue weighted by molar-refractivity contribution is -0.384. The fraction of sp³-hybridized carbons (Fsp3) is 0.300. The molecule has 1 aliphatic rings. The lowest BCUT2D eigenvalue weighted by atomic mass is 10.2. The third kappa shape index (κ3) is 3.09. The molecule has 0 spiro atoms. The van der Waals surface area contributed by atoms with E-state index in [9.17, 15) is 10.1 Å². The normalized spacial score (nSPS) is 15.4. The molecule has 3 heterocycles. The molecule has 0 bridgehead atoms. The van der Waals surface area contributed by atoms with Crippen molar-refractivity contribution in [1.29, 1.82) is 0 Å². The maximum absolute atomic E-state index is 11.1. The number of aromatic amines is 2. The second-order valence-corrected chi connectivity index (χ2v) is 7.27. The van der Waals surface area contributed by atoms with E-state index in [0.29, 0.717) is 16.9 Å². The van der Waals surface area contributed by atoms with Crippen LogP contribution in [-0.2, 0) is 0 Å². The van der Waals surface area contributed by atoms with Crippen LogP contribution in [0.3, 0.4) is 0 Å². The first kappa shape index (κ1) is 17.6. The van der Waals surface area contributed by atoms with Gasteiger partial charge in [-0.2, -0.15) is 5.10 Å². The van der Waals surface area contributed by atoms with Crippen LogP contribution in [0.5, 0.6) is 0 Å². The van der Waals surface area contributed by atoms with E-state index < -0.39 is 4.92 Å². The SMILES string of the molecule is CCN1CCN(c2ccc3nc(-c4n[nH]c5ccc([N+](=O)[O-])cc45)[nH]c3c2)CC1. The number of fused-ring (bicyclic) bond motifs is 2. The van der Waals surface area contributed by atoms with E-state index >= 15 is 0 Å². The minimum Gasteiger partial charge on any atom is -0.369 e. The standard InChI is InChI=1S/C20H21N7O2/c1-2-25-7-9-26(10-8-25)13-3-6-17-18(12-13)22-20(21-17)19-15-11-14(27(28)29)4-5-16(15)23-24-19/h3-6,11-12H,2,7-10H2,1H3,(H,21,22)(H,23,24). The number of likely N-dealkylation sites (N-methyl/N-ethyl adjacent to an activating group) is 1. The molecule has 2 N–H and O–H groups in total. The van der Waals surface area contributed by atoms with E-state index in [1.165, 1.54) is 17.8 Å². The van der Waals surface area contributed by atoms with Crippen molar-refractivity contribution < 1.29 is 4.92 Å². The first-order chi connectivity index (χ1) is 14.1. The van der Waals surface area contributed by atoms with E-state index in [1.54, 1.807) is 6.07 Å². The van der Waals surface area contributed by atoms with Gasteiger partial charge in [0.05, 0.1) is 21.5 Å². The quantitative estimate of drug-likeness (QED) is 0.409. The number of anilines is 1. The number of nitro benzene ring substituents is 1. The third-order valence-electron chi connectivity index (χ3n) is 5.63. The summed E-state index contributed by atoms with van der Waals surface area (Å²) >= 11 is 0. The van der Waals surface area contributed by atoms with Gasteiger partial charge in [-0.05, 0) is 30.8 Å². The molecule has 1 fully saturated rings. The Morgan fingerprint density at radius 1 is 1.10 bits per heavy atom. The summed E-state index contributed by atoms with van der Waals surface area (Å²) in [7, 11) is 0. The molecular formula is C20H21N7O2. The fourth-order valence-electron chi connectivity index (χ4n) is 3.92. The van der Waals surface area contributed by atoms with Crippen LogP contribution in [0.25, 0.3) is 33.5 Å². The summed E-state index contributed by atoms with van der Waals surface area (Å²) in [5, 5.41) is 19.1. The zero-order chi connectivity index (χ0) is 20.0. The van der Waals surface area contributed by atoms with Gasteiger partial charge in [0.15, 0.2) is 5.82 Å². The highest BCUT2D eigenvalue weighted by atomic mass is 16.6. The van der Waals surface area contributed by atoms with Crippen molar-refractivity contribution in [3.63, 3.8) is 0 Å². The summed E-state index contributed by atoms with van der Waals surface area (Å²) in [6.45, 7) is 7.44. The Bertz CT molecular complexity index is 1200. The van der Waals surface area contributed by atoms with Crippen LogP contribution in [0, 0.1) is 10.1 Å². The Labute approximate surface area is 166 Å². The molecule has 1 saturated heterocycles. The van der Waals surface area contributed by atoms with Gasteiger partial charge in [-0.15, -0.1) is 0 Å². The number of nitrogens with one attached hydrogen (secondary N) is 2. The molecule has 0 aliphatic carbocycles. The van der Waals surface area contributed by atoms with E-state index in [2.05, 4.69) is 49.0 Å². The third-order valence-corrected chi connectivity index (χ3v) is 5.63. The number of H-pyrrole nitrogens is 2. The summed E-state index contributed by atoms with van der Waals surface area (Å²) in [4.78, 5) is 23.6. The largest absolute Gasteiger partial charge is 0.369 e. The fourth-order valence-corrected chi connectivity index (χ4v) is 3.92. The van der Waals surface area contributed by atoms with Crippen molar-refractivity contribution in [2.45, 2.75) is 6.92 Å². The van der Waals surface area contributed by atoms with Crippen molar-refractivity contribution in [3.05, 3.63) is 46.5 Å². The monoisotopic (exact) mass is 391 g/mol. The molecule has 4 aromatic rings. The topological polar surface area (TPSA) is 107 Å². The van der Waals surface area contributed by atoms with Crippen molar-refractivity contribution in [3.8, 4) is 11.5 Å². The van der Waals surface area contributed by atoms with E-state index in [-0.39, 0.29) is 5.69 Å². The Morgan fingerprint density at radius 3 is 2.69 bits per heavy atom. The Balaban J connectivity index is 1.50. The predicted octanol–water partition coefficient (Wildman–Crippen LogP) is 3.16. The summed E-state index contributed by atoms with van der Waals surface area (Å²) < 4.78 is 0. The minimum atomic E-state index is -0.403. The second-order valence-electron chi connectivity index (χ2n) is 7.27. The van der Waals surface area contributed by atoms with Crippen molar-refractivity contribution in [2.24, 2.45) is 0 Å². The molecule has 0 radical (unpaired) electrons. The number of nitro groups is 1. The molecule has 2 aromatic heterocycles. The highest BCUT2D eigenvalue weighted by Crippen LogP contribution is 2.30. The molecule has 0 atom stereocenters. The number of benzene rings is 2. The number of nitrogens with zero attached hydrogens (tertiary/aromatic N) is 5. The van der Waals surface area contributed by atoms with Gasteiger partial charge in [0.25, 0.3) is 5.69 Å². The van der Waals surface area contributed by atoms with Gasteiger partial charge < -0.3 is 14.8 Å².